The fraction of sp³-hybridized carbons (Fsp3) is 0.600. The van der Waals surface area contributed by atoms with Crippen LogP contribution in [0.2, 0.25) is 0 Å². The van der Waals surface area contributed by atoms with Gasteiger partial charge in [0.25, 0.3) is 0 Å². The summed E-state index contributed by atoms with van der Waals surface area (Å²) >= 11 is 0. The molecule has 13 heavy (non-hydrogen) atoms. The topological polar surface area (TPSA) is 50.1 Å². The van der Waals surface area contributed by atoms with Gasteiger partial charge in [-0.25, -0.2) is 0 Å². The molecule has 0 N–H and O–H groups in total. The van der Waals surface area contributed by atoms with Crippen LogP contribution in [0.5, 0.6) is 0 Å². The molecule has 0 aliphatic carbocycles. The number of carbonyl (C=O) groups excluding carboxylic acids is 1. The molecule has 0 aromatic carbocycles. The number of allylic oxidation sites excluding steroid dienone is 1. The molecular formula is C10H15NO2. The van der Waals surface area contributed by atoms with Crippen LogP contribution in [0.4, 0.5) is 0 Å². The highest BCUT2D eigenvalue weighted by molar-refractivity contribution is 5.76. The fourth-order valence-corrected chi connectivity index (χ4v) is 0.803. The largest absolute Gasteiger partial charge is 0.434 e. The summed E-state index contributed by atoms with van der Waals surface area (Å²) in [5.41, 5.74) is -0.382. The summed E-state index contributed by atoms with van der Waals surface area (Å²) < 4.78 is 4.73. The highest BCUT2D eigenvalue weighted by Gasteiger charge is 2.32. The minimum atomic E-state index is -0.719. The Hall–Kier alpha value is -1.30. The van der Waals surface area contributed by atoms with Gasteiger partial charge in [-0.3, -0.25) is 4.79 Å². The number of esters is 1. The van der Waals surface area contributed by atoms with Gasteiger partial charge in [0.15, 0.2) is 0 Å². The first-order chi connectivity index (χ1) is 5.93. The second-order valence-corrected chi connectivity index (χ2v) is 3.83. The van der Waals surface area contributed by atoms with E-state index in [1.807, 2.05) is 26.8 Å². The van der Waals surface area contributed by atoms with Gasteiger partial charge in [-0.1, -0.05) is 26.8 Å². The van der Waals surface area contributed by atoms with E-state index in [1.54, 1.807) is 13.0 Å². The standard InChI is InChI=1S/C10H15NO2/c1-5-6-13-9(12)8(7-11)10(2,3)4/h5-6,8H,1-4H3. The van der Waals surface area contributed by atoms with Gasteiger partial charge in [0.05, 0.1) is 12.3 Å². The average molecular weight is 181 g/mol. The molecule has 0 amide bonds. The lowest BCUT2D eigenvalue weighted by molar-refractivity contribution is -0.143. The van der Waals surface area contributed by atoms with E-state index < -0.39 is 11.9 Å². The first kappa shape index (κ1) is 11.7. The van der Waals surface area contributed by atoms with E-state index in [1.165, 1.54) is 6.26 Å². The quantitative estimate of drug-likeness (QED) is 0.485. The first-order valence-corrected chi connectivity index (χ1v) is 4.14. The predicted octanol–water partition coefficient (Wildman–Crippen LogP) is 2.25. The average Bonchev–Trinajstić information content (AvgIpc) is 1.99. The molecule has 1 atom stereocenters. The fourth-order valence-electron chi connectivity index (χ4n) is 0.803. The highest BCUT2D eigenvalue weighted by atomic mass is 16.5. The van der Waals surface area contributed by atoms with Gasteiger partial charge in [-0.15, -0.1) is 0 Å². The Labute approximate surface area is 79.0 Å². The number of hydrogen-bond acceptors (Lipinski definition) is 3. The van der Waals surface area contributed by atoms with E-state index in [0.29, 0.717) is 0 Å². The molecule has 0 bridgehead atoms. The van der Waals surface area contributed by atoms with E-state index in [2.05, 4.69) is 0 Å². The van der Waals surface area contributed by atoms with Crippen molar-refractivity contribution < 1.29 is 9.53 Å². The molecule has 3 heteroatoms. The minimum Gasteiger partial charge on any atom is -0.434 e. The molecule has 72 valence electrons. The van der Waals surface area contributed by atoms with E-state index in [0.717, 1.165) is 0 Å². The number of ether oxygens (including phenoxy) is 1. The molecule has 0 saturated carbocycles. The Bertz CT molecular complexity index is 243. The maximum absolute atomic E-state index is 11.3. The molecule has 0 spiro atoms. The molecular weight excluding hydrogens is 166 g/mol. The van der Waals surface area contributed by atoms with Crippen molar-refractivity contribution in [1.82, 2.24) is 0 Å². The second-order valence-electron chi connectivity index (χ2n) is 3.83. The Kier molecular flexibility index (Phi) is 4.19. The molecule has 0 aliphatic heterocycles. The molecule has 0 aliphatic rings. The lowest BCUT2D eigenvalue weighted by Gasteiger charge is -2.21. The van der Waals surface area contributed by atoms with Crippen LogP contribution >= 0.6 is 0 Å². The lowest BCUT2D eigenvalue weighted by atomic mass is 9.82. The number of carbonyl (C=O) groups is 1. The van der Waals surface area contributed by atoms with Crippen molar-refractivity contribution in [1.29, 1.82) is 5.26 Å². The van der Waals surface area contributed by atoms with Gasteiger partial charge in [0.2, 0.25) is 0 Å². The molecule has 0 saturated heterocycles. The van der Waals surface area contributed by atoms with Gasteiger partial charge in [0, 0.05) is 0 Å². The molecule has 0 fully saturated rings. The van der Waals surface area contributed by atoms with E-state index in [-0.39, 0.29) is 5.41 Å². The summed E-state index contributed by atoms with van der Waals surface area (Å²) in [6, 6.07) is 1.94. The normalized spacial score (nSPS) is 13.8. The van der Waals surface area contributed by atoms with Crippen LogP contribution in [-0.4, -0.2) is 5.97 Å². The van der Waals surface area contributed by atoms with Crippen molar-refractivity contribution in [2.45, 2.75) is 27.7 Å². The van der Waals surface area contributed by atoms with E-state index in [4.69, 9.17) is 10.00 Å². The Morgan fingerprint density at radius 3 is 2.38 bits per heavy atom. The van der Waals surface area contributed by atoms with Crippen LogP contribution in [0.25, 0.3) is 0 Å². The van der Waals surface area contributed by atoms with Crippen molar-refractivity contribution >= 4 is 5.97 Å². The Morgan fingerprint density at radius 1 is 1.54 bits per heavy atom. The molecule has 3 nitrogen and oxygen atoms in total. The van der Waals surface area contributed by atoms with Crippen LogP contribution in [0.3, 0.4) is 0 Å². The number of nitrogens with zero attached hydrogens (tertiary/aromatic N) is 1. The van der Waals surface area contributed by atoms with Crippen LogP contribution in [0.15, 0.2) is 12.3 Å². The molecule has 0 heterocycles. The van der Waals surface area contributed by atoms with Crippen molar-refractivity contribution in [2.75, 3.05) is 0 Å². The van der Waals surface area contributed by atoms with Crippen molar-refractivity contribution in [3.8, 4) is 6.07 Å². The number of hydrogen-bond donors (Lipinski definition) is 0. The zero-order valence-corrected chi connectivity index (χ0v) is 8.50. The van der Waals surface area contributed by atoms with Gasteiger partial charge < -0.3 is 4.74 Å². The second kappa shape index (κ2) is 4.66. The lowest BCUT2D eigenvalue weighted by Crippen LogP contribution is -2.27. The maximum Gasteiger partial charge on any atom is 0.328 e. The molecule has 0 rings (SSSR count). The summed E-state index contributed by atoms with van der Waals surface area (Å²) in [5.74, 6) is -1.21. The van der Waals surface area contributed by atoms with Gasteiger partial charge >= 0.3 is 5.97 Å². The predicted molar refractivity (Wildman–Crippen MR) is 49.5 cm³/mol. The molecule has 0 radical (unpaired) electrons. The zero-order chi connectivity index (χ0) is 10.5. The maximum atomic E-state index is 11.3. The van der Waals surface area contributed by atoms with Crippen LogP contribution < -0.4 is 0 Å². The molecule has 0 aromatic heterocycles. The van der Waals surface area contributed by atoms with Crippen molar-refractivity contribution in [3.05, 3.63) is 12.3 Å². The minimum absolute atomic E-state index is 0.382. The van der Waals surface area contributed by atoms with E-state index >= 15 is 0 Å². The smallest absolute Gasteiger partial charge is 0.328 e. The summed E-state index contributed by atoms with van der Waals surface area (Å²) in [6.07, 6.45) is 2.90. The molecule has 0 aromatic rings. The highest BCUT2D eigenvalue weighted by Crippen LogP contribution is 2.26. The third-order valence-electron chi connectivity index (χ3n) is 1.55. The Balaban J connectivity index is 4.45. The van der Waals surface area contributed by atoms with Crippen LogP contribution in [0, 0.1) is 22.7 Å². The number of nitriles is 1. The first-order valence-electron chi connectivity index (χ1n) is 4.14. The number of rotatable bonds is 2. The monoisotopic (exact) mass is 181 g/mol. The SMILES string of the molecule is CC=COC(=O)C(C#N)C(C)(C)C. The summed E-state index contributed by atoms with van der Waals surface area (Å²) in [4.78, 5) is 11.3. The summed E-state index contributed by atoms with van der Waals surface area (Å²) in [6.45, 7) is 7.24. The van der Waals surface area contributed by atoms with E-state index in [9.17, 15) is 4.79 Å². The van der Waals surface area contributed by atoms with Gasteiger partial charge in [0.1, 0.15) is 5.92 Å². The van der Waals surface area contributed by atoms with Gasteiger partial charge in [-0.05, 0) is 12.3 Å². The van der Waals surface area contributed by atoms with Gasteiger partial charge in [-0.2, -0.15) is 5.26 Å². The van der Waals surface area contributed by atoms with Crippen molar-refractivity contribution in [2.24, 2.45) is 11.3 Å². The third-order valence-corrected chi connectivity index (χ3v) is 1.55. The van der Waals surface area contributed by atoms with Crippen LogP contribution in [-0.2, 0) is 9.53 Å². The third kappa shape index (κ3) is 3.75. The molecule has 1 unspecified atom stereocenters. The summed E-state index contributed by atoms with van der Waals surface area (Å²) in [5, 5.41) is 8.76. The Morgan fingerprint density at radius 2 is 2.08 bits per heavy atom. The summed E-state index contributed by atoms with van der Waals surface area (Å²) in [7, 11) is 0. The van der Waals surface area contributed by atoms with Crippen molar-refractivity contribution in [3.63, 3.8) is 0 Å². The van der Waals surface area contributed by atoms with Crippen LogP contribution in [0.1, 0.15) is 27.7 Å². The zero-order valence-electron chi connectivity index (χ0n) is 8.50.